The van der Waals surface area contributed by atoms with E-state index in [0.29, 0.717) is 12.2 Å². The number of nitrogens with two attached hydrogens (primary N) is 1. The molecule has 2 aromatic heterocycles. The molecular formula is C15H13N3O. The third kappa shape index (κ3) is 2.47. The Bertz CT molecular complexity index is 663. The molecule has 1 aromatic carbocycles. The maximum absolute atomic E-state index is 5.89. The standard InChI is InChI=1S/C15H13N3O/c16-15-13(8-11-4-2-1-3-5-11)18-14(9-17-15)12-6-7-19-10-12/h1-7,9-10H,8H2,(H2,16,17). The zero-order chi connectivity index (χ0) is 13.1. The summed E-state index contributed by atoms with van der Waals surface area (Å²) < 4.78 is 5.06. The average Bonchev–Trinajstić information content (AvgIpc) is 2.96. The number of hydrogen-bond acceptors (Lipinski definition) is 4. The molecule has 19 heavy (non-hydrogen) atoms. The molecule has 3 aromatic rings. The van der Waals surface area contributed by atoms with Crippen LogP contribution in [0.25, 0.3) is 11.3 Å². The lowest BCUT2D eigenvalue weighted by atomic mass is 10.1. The molecule has 0 bridgehead atoms. The number of rotatable bonds is 3. The lowest BCUT2D eigenvalue weighted by Crippen LogP contribution is -2.03. The minimum absolute atomic E-state index is 0.469. The second kappa shape index (κ2) is 4.94. The number of furan rings is 1. The third-order valence-electron chi connectivity index (χ3n) is 2.91. The summed E-state index contributed by atoms with van der Waals surface area (Å²) >= 11 is 0. The molecule has 2 N–H and O–H groups in total. The smallest absolute Gasteiger partial charge is 0.145 e. The van der Waals surface area contributed by atoms with E-state index in [-0.39, 0.29) is 0 Å². The Morgan fingerprint density at radius 2 is 1.95 bits per heavy atom. The molecule has 0 unspecified atom stereocenters. The average molecular weight is 251 g/mol. The highest BCUT2D eigenvalue weighted by Gasteiger charge is 2.08. The number of aromatic nitrogens is 2. The van der Waals surface area contributed by atoms with Gasteiger partial charge in [0, 0.05) is 12.0 Å². The Balaban J connectivity index is 1.95. The van der Waals surface area contributed by atoms with Crippen LogP contribution in [0.5, 0.6) is 0 Å². The first kappa shape index (κ1) is 11.5. The van der Waals surface area contributed by atoms with Crippen molar-refractivity contribution in [3.05, 3.63) is 66.4 Å². The van der Waals surface area contributed by atoms with Gasteiger partial charge in [-0.1, -0.05) is 30.3 Å². The van der Waals surface area contributed by atoms with Gasteiger partial charge in [-0.2, -0.15) is 0 Å². The maximum Gasteiger partial charge on any atom is 0.145 e. The summed E-state index contributed by atoms with van der Waals surface area (Å²) in [4.78, 5) is 8.77. The van der Waals surface area contributed by atoms with E-state index in [4.69, 9.17) is 10.2 Å². The first-order valence-corrected chi connectivity index (χ1v) is 6.01. The SMILES string of the molecule is Nc1ncc(-c2ccoc2)nc1Cc1ccccc1. The highest BCUT2D eigenvalue weighted by atomic mass is 16.3. The molecule has 0 radical (unpaired) electrons. The zero-order valence-corrected chi connectivity index (χ0v) is 10.3. The molecule has 0 aliphatic carbocycles. The van der Waals surface area contributed by atoms with Crippen LogP contribution >= 0.6 is 0 Å². The van der Waals surface area contributed by atoms with Crippen LogP contribution in [-0.2, 0) is 6.42 Å². The van der Waals surface area contributed by atoms with Gasteiger partial charge in [0.2, 0.25) is 0 Å². The molecule has 94 valence electrons. The fourth-order valence-electron chi connectivity index (χ4n) is 1.91. The topological polar surface area (TPSA) is 64.9 Å². The van der Waals surface area contributed by atoms with Gasteiger partial charge in [0.25, 0.3) is 0 Å². The van der Waals surface area contributed by atoms with Crippen LogP contribution in [-0.4, -0.2) is 9.97 Å². The Hall–Kier alpha value is -2.62. The molecule has 0 atom stereocenters. The van der Waals surface area contributed by atoms with Gasteiger partial charge in [-0.15, -0.1) is 0 Å². The van der Waals surface area contributed by atoms with E-state index >= 15 is 0 Å². The molecule has 0 saturated carbocycles. The Labute approximate surface area is 110 Å². The molecule has 0 saturated heterocycles. The number of nitrogens with zero attached hydrogens (tertiary/aromatic N) is 2. The van der Waals surface area contributed by atoms with E-state index in [0.717, 1.165) is 22.5 Å². The predicted octanol–water partition coefficient (Wildman–Crippen LogP) is 2.91. The molecule has 4 heteroatoms. The van der Waals surface area contributed by atoms with E-state index in [1.807, 2.05) is 36.4 Å². The fourth-order valence-corrected chi connectivity index (χ4v) is 1.91. The lowest BCUT2D eigenvalue weighted by molar-refractivity contribution is 0.568. The Morgan fingerprint density at radius 3 is 2.68 bits per heavy atom. The normalized spacial score (nSPS) is 10.5. The van der Waals surface area contributed by atoms with E-state index in [2.05, 4.69) is 9.97 Å². The van der Waals surface area contributed by atoms with Crippen molar-refractivity contribution in [1.29, 1.82) is 0 Å². The molecule has 0 spiro atoms. The van der Waals surface area contributed by atoms with Crippen molar-refractivity contribution in [2.75, 3.05) is 5.73 Å². The van der Waals surface area contributed by atoms with Gasteiger partial charge in [0.15, 0.2) is 0 Å². The summed E-state index contributed by atoms with van der Waals surface area (Å²) in [5.74, 6) is 0.469. The van der Waals surface area contributed by atoms with Crippen molar-refractivity contribution in [3.8, 4) is 11.3 Å². The van der Waals surface area contributed by atoms with Crippen LogP contribution in [0.15, 0.2) is 59.5 Å². The molecule has 0 fully saturated rings. The van der Waals surface area contributed by atoms with Crippen LogP contribution in [0.2, 0.25) is 0 Å². The second-order valence-corrected chi connectivity index (χ2v) is 4.26. The van der Waals surface area contributed by atoms with Crippen molar-refractivity contribution in [2.24, 2.45) is 0 Å². The van der Waals surface area contributed by atoms with Gasteiger partial charge in [-0.25, -0.2) is 9.97 Å². The second-order valence-electron chi connectivity index (χ2n) is 4.26. The fraction of sp³-hybridized carbons (Fsp3) is 0.0667. The van der Waals surface area contributed by atoms with Gasteiger partial charge in [-0.3, -0.25) is 0 Å². The summed E-state index contributed by atoms with van der Waals surface area (Å²) in [6.45, 7) is 0. The van der Waals surface area contributed by atoms with Gasteiger partial charge >= 0.3 is 0 Å². The maximum atomic E-state index is 5.89. The molecular weight excluding hydrogens is 238 g/mol. The number of nitrogen functional groups attached to an aromatic ring is 1. The Kier molecular flexibility index (Phi) is 2.98. The van der Waals surface area contributed by atoms with E-state index in [1.54, 1.807) is 18.7 Å². The van der Waals surface area contributed by atoms with Crippen molar-refractivity contribution >= 4 is 5.82 Å². The first-order valence-electron chi connectivity index (χ1n) is 6.01. The number of benzene rings is 1. The summed E-state index contributed by atoms with van der Waals surface area (Å²) in [6.07, 6.45) is 5.59. The quantitative estimate of drug-likeness (QED) is 0.777. The molecule has 0 amide bonds. The van der Waals surface area contributed by atoms with Crippen LogP contribution < -0.4 is 5.73 Å². The van der Waals surface area contributed by atoms with Crippen molar-refractivity contribution in [1.82, 2.24) is 9.97 Å². The minimum atomic E-state index is 0.469. The predicted molar refractivity (Wildman–Crippen MR) is 73.4 cm³/mol. The zero-order valence-electron chi connectivity index (χ0n) is 10.3. The van der Waals surface area contributed by atoms with Crippen LogP contribution in [0.4, 0.5) is 5.82 Å². The summed E-state index contributed by atoms with van der Waals surface area (Å²) in [6, 6.07) is 11.9. The highest BCUT2D eigenvalue weighted by molar-refractivity contribution is 5.58. The van der Waals surface area contributed by atoms with Gasteiger partial charge in [0.05, 0.1) is 30.1 Å². The Morgan fingerprint density at radius 1 is 1.11 bits per heavy atom. The van der Waals surface area contributed by atoms with E-state index in [9.17, 15) is 0 Å². The number of anilines is 1. The highest BCUT2D eigenvalue weighted by Crippen LogP contribution is 2.20. The van der Waals surface area contributed by atoms with Crippen molar-refractivity contribution in [2.45, 2.75) is 6.42 Å². The number of hydrogen-bond donors (Lipinski definition) is 1. The van der Waals surface area contributed by atoms with Crippen molar-refractivity contribution in [3.63, 3.8) is 0 Å². The van der Waals surface area contributed by atoms with Crippen LogP contribution in [0, 0.1) is 0 Å². The monoisotopic (exact) mass is 251 g/mol. The molecule has 3 rings (SSSR count). The van der Waals surface area contributed by atoms with Crippen molar-refractivity contribution < 1.29 is 4.42 Å². The van der Waals surface area contributed by atoms with Crippen LogP contribution in [0.1, 0.15) is 11.3 Å². The van der Waals surface area contributed by atoms with E-state index in [1.165, 1.54) is 0 Å². The van der Waals surface area contributed by atoms with Crippen LogP contribution in [0.3, 0.4) is 0 Å². The first-order chi connectivity index (χ1) is 9.33. The molecule has 2 heterocycles. The minimum Gasteiger partial charge on any atom is -0.472 e. The lowest BCUT2D eigenvalue weighted by Gasteiger charge is -2.06. The molecule has 4 nitrogen and oxygen atoms in total. The molecule has 0 aliphatic rings. The van der Waals surface area contributed by atoms with Gasteiger partial charge in [0.1, 0.15) is 5.82 Å². The van der Waals surface area contributed by atoms with Gasteiger partial charge < -0.3 is 10.2 Å². The van der Waals surface area contributed by atoms with Gasteiger partial charge in [-0.05, 0) is 11.6 Å². The molecule has 0 aliphatic heterocycles. The largest absolute Gasteiger partial charge is 0.472 e. The summed E-state index contributed by atoms with van der Waals surface area (Å²) in [7, 11) is 0. The summed E-state index contributed by atoms with van der Waals surface area (Å²) in [5.41, 5.74) is 9.51. The third-order valence-corrected chi connectivity index (χ3v) is 2.91. The van der Waals surface area contributed by atoms with E-state index < -0.39 is 0 Å². The summed E-state index contributed by atoms with van der Waals surface area (Å²) in [5, 5.41) is 0.